The summed E-state index contributed by atoms with van der Waals surface area (Å²) in [5.41, 5.74) is 20.0. The Labute approximate surface area is 199 Å². The Bertz CT molecular complexity index is 1460. The molecule has 0 aliphatic rings. The summed E-state index contributed by atoms with van der Waals surface area (Å²) in [4.78, 5) is 6.86. The molecule has 0 fully saturated rings. The smallest absolute Gasteiger partial charge is 0.0941 e. The third-order valence-corrected chi connectivity index (χ3v) is 5.96. The Kier molecular flexibility index (Phi) is 6.19. The Hall–Kier alpha value is -4.22. The van der Waals surface area contributed by atoms with Crippen molar-refractivity contribution in [3.05, 3.63) is 106 Å². The summed E-state index contributed by atoms with van der Waals surface area (Å²) in [5.74, 6) is 13.2. The summed E-state index contributed by atoms with van der Waals surface area (Å²) in [7, 11) is 0. The van der Waals surface area contributed by atoms with E-state index in [9.17, 15) is 0 Å². The minimum atomic E-state index is 0.591. The number of H-pyrrole nitrogens is 2. The van der Waals surface area contributed by atoms with Crippen LogP contribution in [0.2, 0.25) is 0 Å². The van der Waals surface area contributed by atoms with Crippen LogP contribution in [0.25, 0.3) is 21.8 Å². The molecule has 6 N–H and O–H groups in total. The van der Waals surface area contributed by atoms with Crippen LogP contribution < -0.4 is 11.5 Å². The maximum absolute atomic E-state index is 5.84. The van der Waals surface area contributed by atoms with Crippen molar-refractivity contribution in [2.24, 2.45) is 11.5 Å². The predicted octanol–water partition coefficient (Wildman–Crippen LogP) is 4.45. The van der Waals surface area contributed by atoms with Crippen LogP contribution in [0, 0.1) is 23.7 Å². The average molecular weight is 443 g/mol. The van der Waals surface area contributed by atoms with Crippen LogP contribution in [0.4, 0.5) is 0 Å². The van der Waals surface area contributed by atoms with Gasteiger partial charge in [-0.1, -0.05) is 48.2 Å². The van der Waals surface area contributed by atoms with Crippen LogP contribution in [0.3, 0.4) is 0 Å². The van der Waals surface area contributed by atoms with Crippen molar-refractivity contribution in [3.63, 3.8) is 0 Å². The van der Waals surface area contributed by atoms with Gasteiger partial charge in [0.1, 0.15) is 0 Å². The molecule has 0 atom stereocenters. The highest BCUT2D eigenvalue weighted by Gasteiger charge is 2.09. The van der Waals surface area contributed by atoms with Gasteiger partial charge in [0, 0.05) is 32.9 Å². The molecule has 0 saturated heterocycles. The molecule has 0 saturated carbocycles. The number of rotatable bonds is 4. The van der Waals surface area contributed by atoms with Crippen molar-refractivity contribution in [3.8, 4) is 23.7 Å². The second-order valence-corrected chi connectivity index (χ2v) is 8.20. The van der Waals surface area contributed by atoms with E-state index in [1.807, 2.05) is 48.5 Å². The normalized spacial score (nSPS) is 10.6. The molecular formula is C30H26N4. The van der Waals surface area contributed by atoms with Gasteiger partial charge in [-0.05, 0) is 85.3 Å². The van der Waals surface area contributed by atoms with Crippen LogP contribution in [0.5, 0.6) is 0 Å². The van der Waals surface area contributed by atoms with Crippen molar-refractivity contribution < 1.29 is 0 Å². The number of hydrogen-bond donors (Lipinski definition) is 4. The molecule has 0 bridgehead atoms. The highest BCUT2D eigenvalue weighted by atomic mass is 14.7. The van der Waals surface area contributed by atoms with Gasteiger partial charge in [0.2, 0.25) is 0 Å². The predicted molar refractivity (Wildman–Crippen MR) is 141 cm³/mol. The van der Waals surface area contributed by atoms with Gasteiger partial charge in [0.05, 0.1) is 11.4 Å². The molecule has 5 aromatic rings. The van der Waals surface area contributed by atoms with Gasteiger partial charge < -0.3 is 21.4 Å². The molecule has 0 aliphatic carbocycles. The number of hydrogen-bond acceptors (Lipinski definition) is 2. The Balaban J connectivity index is 1.40. The van der Waals surface area contributed by atoms with E-state index in [1.54, 1.807) is 0 Å². The SMILES string of the molecule is NCCc1c(C#Cc2ccc(C#Cc3[nH]c4ccccc4c3CCN)cc2)[nH]c2ccccc12. The van der Waals surface area contributed by atoms with Crippen molar-refractivity contribution >= 4 is 21.8 Å². The van der Waals surface area contributed by atoms with E-state index in [0.29, 0.717) is 13.1 Å². The first kappa shape index (κ1) is 21.6. The number of aromatic nitrogens is 2. The molecule has 0 aliphatic heterocycles. The molecule has 3 aromatic carbocycles. The molecule has 0 spiro atoms. The first-order valence-electron chi connectivity index (χ1n) is 11.5. The van der Waals surface area contributed by atoms with Gasteiger partial charge in [0.25, 0.3) is 0 Å². The fraction of sp³-hybridized carbons (Fsp3) is 0.133. The van der Waals surface area contributed by atoms with Crippen molar-refractivity contribution in [1.29, 1.82) is 0 Å². The quantitative estimate of drug-likeness (QED) is 0.310. The number of fused-ring (bicyclic) bond motifs is 2. The summed E-state index contributed by atoms with van der Waals surface area (Å²) in [6.07, 6.45) is 1.59. The minimum Gasteiger partial charge on any atom is -0.348 e. The van der Waals surface area contributed by atoms with Gasteiger partial charge in [-0.2, -0.15) is 0 Å². The summed E-state index contributed by atoms with van der Waals surface area (Å²) < 4.78 is 0. The zero-order valence-electron chi connectivity index (χ0n) is 18.9. The van der Waals surface area contributed by atoms with E-state index in [4.69, 9.17) is 11.5 Å². The third-order valence-electron chi connectivity index (χ3n) is 5.96. The van der Waals surface area contributed by atoms with Gasteiger partial charge >= 0.3 is 0 Å². The van der Waals surface area contributed by atoms with Crippen molar-refractivity contribution in [2.75, 3.05) is 13.1 Å². The molecule has 34 heavy (non-hydrogen) atoms. The summed E-state index contributed by atoms with van der Waals surface area (Å²) >= 11 is 0. The first-order chi connectivity index (χ1) is 16.8. The topological polar surface area (TPSA) is 83.6 Å². The number of para-hydroxylation sites is 2. The maximum atomic E-state index is 5.84. The average Bonchev–Trinajstić information content (AvgIpc) is 3.40. The number of aromatic amines is 2. The van der Waals surface area contributed by atoms with Crippen LogP contribution in [0.15, 0.2) is 72.8 Å². The van der Waals surface area contributed by atoms with Crippen molar-refractivity contribution in [1.82, 2.24) is 9.97 Å². The Morgan fingerprint density at radius 3 is 1.35 bits per heavy atom. The molecule has 2 heterocycles. The second kappa shape index (κ2) is 9.73. The van der Waals surface area contributed by atoms with Gasteiger partial charge in [0.15, 0.2) is 0 Å². The van der Waals surface area contributed by atoms with Gasteiger partial charge in [-0.3, -0.25) is 0 Å². The van der Waals surface area contributed by atoms with E-state index in [2.05, 4.69) is 57.9 Å². The van der Waals surface area contributed by atoms with Crippen molar-refractivity contribution in [2.45, 2.75) is 12.8 Å². The molecular weight excluding hydrogens is 416 g/mol. The zero-order valence-corrected chi connectivity index (χ0v) is 18.9. The standard InChI is InChI=1S/C30H26N4/c31-19-17-25-23-5-1-3-7-27(23)33-29(25)15-13-21-9-11-22(12-10-21)14-16-30-26(18-20-32)24-6-2-4-8-28(24)34-30/h1-12,33-34H,17-20,31-32H2. The van der Waals surface area contributed by atoms with Gasteiger partial charge in [-0.15, -0.1) is 0 Å². The second-order valence-electron chi connectivity index (χ2n) is 8.20. The highest BCUT2D eigenvalue weighted by Crippen LogP contribution is 2.23. The van der Waals surface area contributed by atoms with Crippen LogP contribution in [-0.2, 0) is 12.8 Å². The monoisotopic (exact) mass is 442 g/mol. The van der Waals surface area contributed by atoms with Crippen LogP contribution in [-0.4, -0.2) is 23.1 Å². The lowest BCUT2D eigenvalue weighted by Crippen LogP contribution is -2.03. The molecule has 4 nitrogen and oxygen atoms in total. The fourth-order valence-corrected chi connectivity index (χ4v) is 4.33. The van der Waals surface area contributed by atoms with E-state index >= 15 is 0 Å². The van der Waals surface area contributed by atoms with Gasteiger partial charge in [-0.25, -0.2) is 0 Å². The molecule has 166 valence electrons. The summed E-state index contributed by atoms with van der Waals surface area (Å²) in [6.45, 7) is 1.18. The minimum absolute atomic E-state index is 0.591. The molecule has 5 rings (SSSR count). The fourth-order valence-electron chi connectivity index (χ4n) is 4.33. The Morgan fingerprint density at radius 1 is 0.529 bits per heavy atom. The molecule has 0 radical (unpaired) electrons. The Morgan fingerprint density at radius 2 is 0.941 bits per heavy atom. The summed E-state index contributed by atoms with van der Waals surface area (Å²) in [6, 6.07) is 24.5. The lowest BCUT2D eigenvalue weighted by molar-refractivity contribution is 0.972. The lowest BCUT2D eigenvalue weighted by atomic mass is 10.1. The van der Waals surface area contributed by atoms with E-state index in [-0.39, 0.29) is 0 Å². The van der Waals surface area contributed by atoms with Crippen LogP contribution >= 0.6 is 0 Å². The summed E-state index contributed by atoms with van der Waals surface area (Å²) in [5, 5.41) is 2.38. The highest BCUT2D eigenvalue weighted by molar-refractivity contribution is 5.86. The van der Waals surface area contributed by atoms with E-state index in [1.165, 1.54) is 21.9 Å². The third kappa shape index (κ3) is 4.34. The zero-order chi connectivity index (χ0) is 23.3. The van der Waals surface area contributed by atoms with Crippen LogP contribution in [0.1, 0.15) is 33.6 Å². The number of nitrogens with one attached hydrogen (secondary N) is 2. The lowest BCUT2D eigenvalue weighted by Gasteiger charge is -1.97. The molecule has 4 heteroatoms. The van der Waals surface area contributed by atoms with E-state index in [0.717, 1.165) is 46.4 Å². The number of benzene rings is 3. The number of nitrogens with two attached hydrogens (primary N) is 2. The first-order valence-corrected chi connectivity index (χ1v) is 11.5. The maximum Gasteiger partial charge on any atom is 0.0941 e. The molecule has 0 amide bonds. The largest absolute Gasteiger partial charge is 0.348 e. The van der Waals surface area contributed by atoms with E-state index < -0.39 is 0 Å². The molecule has 2 aromatic heterocycles. The molecule has 0 unspecified atom stereocenters.